The summed E-state index contributed by atoms with van der Waals surface area (Å²) in [6.07, 6.45) is -1.54. The fraction of sp³-hybridized carbons (Fsp3) is 0.379. The minimum Gasteiger partial charge on any atom is -0.493 e. The van der Waals surface area contributed by atoms with E-state index in [1.807, 2.05) is 20.2 Å². The number of hydrogen-bond acceptors (Lipinski definition) is 7. The van der Waals surface area contributed by atoms with E-state index in [9.17, 15) is 18.3 Å². The highest BCUT2D eigenvalue weighted by Gasteiger charge is 2.31. The van der Waals surface area contributed by atoms with Gasteiger partial charge in [-0.25, -0.2) is 4.52 Å². The molecule has 0 fully saturated rings. The van der Waals surface area contributed by atoms with Crippen molar-refractivity contribution in [2.45, 2.75) is 32.2 Å². The summed E-state index contributed by atoms with van der Waals surface area (Å²) >= 11 is 0. The number of fused-ring (bicyclic) bond motifs is 2. The Morgan fingerprint density at radius 3 is 2.55 bits per heavy atom. The van der Waals surface area contributed by atoms with Crippen LogP contribution in [0.2, 0.25) is 0 Å². The lowest BCUT2D eigenvalue weighted by Crippen LogP contribution is -2.41. The average molecular weight is 555 g/mol. The van der Waals surface area contributed by atoms with Gasteiger partial charge in [0, 0.05) is 42.6 Å². The van der Waals surface area contributed by atoms with E-state index in [2.05, 4.69) is 32.4 Å². The Labute approximate surface area is 231 Å². The number of alkyl halides is 3. The van der Waals surface area contributed by atoms with Gasteiger partial charge in [0.05, 0.1) is 12.2 Å². The molecule has 1 aliphatic rings. The molecular formula is C29H33F3N6O2. The second kappa shape index (κ2) is 11.4. The highest BCUT2D eigenvalue weighted by atomic mass is 19.4. The number of nitrogens with one attached hydrogen (secondary N) is 1. The van der Waals surface area contributed by atoms with E-state index in [-0.39, 0.29) is 0 Å². The maximum absolute atomic E-state index is 13.5. The monoisotopic (exact) mass is 554 g/mol. The Bertz CT molecular complexity index is 1490. The second-order valence-electron chi connectivity index (χ2n) is 10.1. The van der Waals surface area contributed by atoms with Gasteiger partial charge in [-0.1, -0.05) is 6.07 Å². The van der Waals surface area contributed by atoms with E-state index in [4.69, 9.17) is 4.74 Å². The summed E-state index contributed by atoms with van der Waals surface area (Å²) in [7, 11) is 3.73. The van der Waals surface area contributed by atoms with Crippen molar-refractivity contribution in [3.8, 4) is 16.9 Å². The molecule has 40 heavy (non-hydrogen) atoms. The molecule has 0 bridgehead atoms. The van der Waals surface area contributed by atoms with Crippen LogP contribution in [0.5, 0.6) is 5.75 Å². The fourth-order valence-electron chi connectivity index (χ4n) is 4.92. The van der Waals surface area contributed by atoms with Crippen LogP contribution in [0.4, 0.5) is 24.8 Å². The number of β-amino-alcohol motifs (C(OH)–C–C–N with tert-alkyl or cyclic N) is 1. The van der Waals surface area contributed by atoms with Crippen LogP contribution in [-0.4, -0.2) is 76.1 Å². The lowest BCUT2D eigenvalue weighted by molar-refractivity contribution is -0.137. The first-order valence-corrected chi connectivity index (χ1v) is 13.3. The summed E-state index contributed by atoms with van der Waals surface area (Å²) in [5, 5.41) is 18.0. The van der Waals surface area contributed by atoms with Crippen LogP contribution >= 0.6 is 0 Å². The third-order valence-electron chi connectivity index (χ3n) is 7.13. The number of aliphatic hydroxyl groups is 1. The predicted molar refractivity (Wildman–Crippen MR) is 148 cm³/mol. The van der Waals surface area contributed by atoms with Crippen LogP contribution < -0.4 is 10.1 Å². The number of hydrogen-bond donors (Lipinski definition) is 2. The van der Waals surface area contributed by atoms with Crippen molar-refractivity contribution in [1.29, 1.82) is 0 Å². The van der Waals surface area contributed by atoms with Gasteiger partial charge in [0.15, 0.2) is 5.65 Å². The first-order chi connectivity index (χ1) is 19.1. The molecule has 1 atom stereocenters. The van der Waals surface area contributed by atoms with Gasteiger partial charge in [-0.05, 0) is 87.5 Å². The van der Waals surface area contributed by atoms with Gasteiger partial charge < -0.3 is 15.2 Å². The summed E-state index contributed by atoms with van der Waals surface area (Å²) in [4.78, 5) is 8.71. The first kappa shape index (κ1) is 27.9. The van der Waals surface area contributed by atoms with Gasteiger partial charge in [0.1, 0.15) is 12.0 Å². The second-order valence-corrected chi connectivity index (χ2v) is 10.1. The molecule has 4 aromatic rings. The van der Waals surface area contributed by atoms with Gasteiger partial charge in [-0.3, -0.25) is 9.80 Å². The van der Waals surface area contributed by atoms with Crippen molar-refractivity contribution in [3.63, 3.8) is 0 Å². The SMILES string of the molecule is CCOc1ccc(C(F)(F)F)cc1-c1cccn2nc(Nc3ccc4c(c3)CCN(CC(O)N(C)C)CC4)nc12. The largest absolute Gasteiger partial charge is 0.493 e. The summed E-state index contributed by atoms with van der Waals surface area (Å²) < 4.78 is 47.7. The van der Waals surface area contributed by atoms with E-state index in [1.54, 1.807) is 34.7 Å². The Hall–Kier alpha value is -3.67. The first-order valence-electron chi connectivity index (χ1n) is 13.3. The number of nitrogens with zero attached hydrogens (tertiary/aromatic N) is 5. The molecule has 11 heteroatoms. The zero-order chi connectivity index (χ0) is 28.4. The molecular weight excluding hydrogens is 521 g/mol. The van der Waals surface area contributed by atoms with Crippen molar-refractivity contribution in [2.75, 3.05) is 45.7 Å². The van der Waals surface area contributed by atoms with Crippen LogP contribution in [0.25, 0.3) is 16.8 Å². The quantitative estimate of drug-likeness (QED) is 0.302. The van der Waals surface area contributed by atoms with E-state index in [1.165, 1.54) is 17.2 Å². The maximum atomic E-state index is 13.5. The van der Waals surface area contributed by atoms with Crippen molar-refractivity contribution < 1.29 is 23.0 Å². The zero-order valence-electron chi connectivity index (χ0n) is 22.7. The third-order valence-corrected chi connectivity index (χ3v) is 7.13. The molecule has 0 aliphatic carbocycles. The van der Waals surface area contributed by atoms with Crippen LogP contribution in [0.3, 0.4) is 0 Å². The van der Waals surface area contributed by atoms with Gasteiger partial charge in [-0.2, -0.15) is 18.2 Å². The topological polar surface area (TPSA) is 78.2 Å². The Morgan fingerprint density at radius 2 is 1.82 bits per heavy atom. The van der Waals surface area contributed by atoms with E-state index < -0.39 is 18.0 Å². The number of halogens is 3. The van der Waals surface area contributed by atoms with E-state index in [0.717, 1.165) is 43.8 Å². The molecule has 2 N–H and O–H groups in total. The molecule has 1 unspecified atom stereocenters. The number of rotatable bonds is 8. The zero-order valence-corrected chi connectivity index (χ0v) is 22.7. The smallest absolute Gasteiger partial charge is 0.416 e. The van der Waals surface area contributed by atoms with E-state index in [0.29, 0.717) is 41.6 Å². The molecule has 8 nitrogen and oxygen atoms in total. The molecule has 0 radical (unpaired) electrons. The van der Waals surface area contributed by atoms with E-state index >= 15 is 0 Å². The minimum atomic E-state index is -4.49. The number of anilines is 2. The summed E-state index contributed by atoms with van der Waals surface area (Å²) in [5.74, 6) is 0.681. The molecule has 5 rings (SSSR count). The normalized spacial score (nSPS) is 15.2. The number of aromatic nitrogens is 3. The van der Waals surface area contributed by atoms with Crippen molar-refractivity contribution in [3.05, 3.63) is 71.4 Å². The Kier molecular flexibility index (Phi) is 7.97. The number of aliphatic hydroxyl groups excluding tert-OH is 1. The molecule has 0 saturated carbocycles. The molecule has 2 aromatic heterocycles. The van der Waals surface area contributed by atoms with Crippen LogP contribution in [-0.2, 0) is 19.0 Å². The third kappa shape index (κ3) is 6.06. The van der Waals surface area contributed by atoms with Crippen LogP contribution in [0, 0.1) is 0 Å². The lowest BCUT2D eigenvalue weighted by atomic mass is 10.0. The number of benzene rings is 2. The molecule has 3 heterocycles. The molecule has 1 aliphatic heterocycles. The molecule has 2 aromatic carbocycles. The molecule has 0 saturated heterocycles. The molecule has 212 valence electrons. The van der Waals surface area contributed by atoms with Gasteiger partial charge in [0.25, 0.3) is 0 Å². The number of ether oxygens (including phenoxy) is 1. The summed E-state index contributed by atoms with van der Waals surface area (Å²) in [6.45, 7) is 4.41. The van der Waals surface area contributed by atoms with Crippen molar-refractivity contribution in [1.82, 2.24) is 24.4 Å². The van der Waals surface area contributed by atoms with Gasteiger partial charge >= 0.3 is 6.18 Å². The highest BCUT2D eigenvalue weighted by molar-refractivity contribution is 5.82. The van der Waals surface area contributed by atoms with Crippen molar-refractivity contribution >= 4 is 17.3 Å². The lowest BCUT2D eigenvalue weighted by Gasteiger charge is -2.26. The minimum absolute atomic E-state index is 0.301. The summed E-state index contributed by atoms with van der Waals surface area (Å²) in [5.41, 5.74) is 3.76. The Balaban J connectivity index is 1.40. The predicted octanol–water partition coefficient (Wildman–Crippen LogP) is 4.84. The summed E-state index contributed by atoms with van der Waals surface area (Å²) in [6, 6.07) is 13.1. The standard InChI is InChI=1S/C29H33F3N6O2/c1-4-40-25-10-8-21(29(30,31)32)17-24(25)23-6-5-13-38-27(23)34-28(35-38)33-22-9-7-19-11-14-37(15-12-20(19)16-22)18-26(39)36(2)3/h5-10,13,16-17,26,39H,4,11-12,14-15,18H2,1-3H3,(H,33,35). The number of pyridine rings is 1. The van der Waals surface area contributed by atoms with Crippen LogP contribution in [0.15, 0.2) is 54.7 Å². The van der Waals surface area contributed by atoms with Gasteiger partial charge in [-0.15, -0.1) is 5.10 Å². The number of likely N-dealkylation sites (N-methyl/N-ethyl adjacent to an activating group) is 1. The van der Waals surface area contributed by atoms with Crippen molar-refractivity contribution in [2.24, 2.45) is 0 Å². The maximum Gasteiger partial charge on any atom is 0.416 e. The highest BCUT2D eigenvalue weighted by Crippen LogP contribution is 2.38. The van der Waals surface area contributed by atoms with Gasteiger partial charge in [0.2, 0.25) is 5.95 Å². The molecule has 0 spiro atoms. The molecule has 0 amide bonds. The average Bonchev–Trinajstić information content (AvgIpc) is 3.22. The fourth-order valence-corrected chi connectivity index (χ4v) is 4.92. The van der Waals surface area contributed by atoms with Crippen LogP contribution in [0.1, 0.15) is 23.6 Å². The Morgan fingerprint density at radius 1 is 1.05 bits per heavy atom.